The van der Waals surface area contributed by atoms with Crippen LogP contribution in [0.5, 0.6) is 0 Å². The van der Waals surface area contributed by atoms with E-state index < -0.39 is 0 Å². The largest absolute Gasteiger partial charge is 0.337 e. The minimum atomic E-state index is 0.184. The van der Waals surface area contributed by atoms with Gasteiger partial charge in [0.15, 0.2) is 0 Å². The van der Waals surface area contributed by atoms with Gasteiger partial charge in [0, 0.05) is 17.0 Å². The Balaban J connectivity index is 1.86. The SMILES string of the molecule is Cc1cc(-c2noc(C3CC(C)CCN3)n2)cc(C)n1. The predicted octanol–water partition coefficient (Wildman–Crippen LogP) is 2.81. The minimum Gasteiger partial charge on any atom is -0.337 e. The molecule has 1 saturated heterocycles. The van der Waals surface area contributed by atoms with Crippen molar-refractivity contribution in [1.82, 2.24) is 20.4 Å². The van der Waals surface area contributed by atoms with Crippen molar-refractivity contribution in [2.24, 2.45) is 5.92 Å². The number of hydrogen-bond donors (Lipinski definition) is 1. The average Bonchev–Trinajstić information content (AvgIpc) is 2.87. The molecule has 0 spiro atoms. The van der Waals surface area contributed by atoms with Crippen molar-refractivity contribution in [2.75, 3.05) is 6.54 Å². The van der Waals surface area contributed by atoms with Gasteiger partial charge in [-0.05, 0) is 51.3 Å². The summed E-state index contributed by atoms with van der Waals surface area (Å²) in [6.45, 7) is 7.22. The second-order valence-corrected chi connectivity index (χ2v) is 5.73. The summed E-state index contributed by atoms with van der Waals surface area (Å²) < 4.78 is 5.44. The van der Waals surface area contributed by atoms with Crippen LogP contribution in [-0.4, -0.2) is 21.7 Å². The number of piperidine rings is 1. The molecule has 1 aliphatic rings. The summed E-state index contributed by atoms with van der Waals surface area (Å²) in [6, 6.07) is 4.15. The highest BCUT2D eigenvalue weighted by Gasteiger charge is 2.25. The lowest BCUT2D eigenvalue weighted by Gasteiger charge is -2.25. The number of nitrogens with zero attached hydrogens (tertiary/aromatic N) is 3. The van der Waals surface area contributed by atoms with E-state index in [2.05, 4.69) is 27.4 Å². The fraction of sp³-hybridized carbons (Fsp3) is 0.533. The molecule has 20 heavy (non-hydrogen) atoms. The van der Waals surface area contributed by atoms with Gasteiger partial charge in [0.1, 0.15) is 0 Å². The van der Waals surface area contributed by atoms with Gasteiger partial charge >= 0.3 is 0 Å². The maximum Gasteiger partial charge on any atom is 0.244 e. The molecule has 0 radical (unpaired) electrons. The molecule has 3 rings (SSSR count). The molecule has 0 aliphatic carbocycles. The molecule has 2 aromatic rings. The second kappa shape index (κ2) is 5.32. The van der Waals surface area contributed by atoms with Crippen LogP contribution in [0, 0.1) is 19.8 Å². The van der Waals surface area contributed by atoms with Gasteiger partial charge in [0.2, 0.25) is 11.7 Å². The molecule has 5 nitrogen and oxygen atoms in total. The number of rotatable bonds is 2. The van der Waals surface area contributed by atoms with Crippen LogP contribution < -0.4 is 5.32 Å². The van der Waals surface area contributed by atoms with Gasteiger partial charge in [-0.1, -0.05) is 12.1 Å². The quantitative estimate of drug-likeness (QED) is 0.910. The van der Waals surface area contributed by atoms with Crippen LogP contribution in [0.2, 0.25) is 0 Å². The first-order valence-electron chi connectivity index (χ1n) is 7.14. The van der Waals surface area contributed by atoms with E-state index in [0.717, 1.165) is 29.9 Å². The summed E-state index contributed by atoms with van der Waals surface area (Å²) in [5.74, 6) is 2.04. The molecule has 2 unspecified atom stereocenters. The first-order valence-corrected chi connectivity index (χ1v) is 7.14. The number of pyridine rings is 1. The molecule has 2 atom stereocenters. The van der Waals surface area contributed by atoms with Crippen LogP contribution in [0.15, 0.2) is 16.7 Å². The summed E-state index contributed by atoms with van der Waals surface area (Å²) in [5, 5.41) is 7.56. The molecule has 1 aliphatic heterocycles. The van der Waals surface area contributed by atoms with Crippen LogP contribution in [0.4, 0.5) is 0 Å². The Morgan fingerprint density at radius 2 is 1.95 bits per heavy atom. The summed E-state index contributed by atoms with van der Waals surface area (Å²) >= 11 is 0. The lowest BCUT2D eigenvalue weighted by Crippen LogP contribution is -2.30. The van der Waals surface area contributed by atoms with Crippen LogP contribution in [0.1, 0.15) is 43.1 Å². The smallest absolute Gasteiger partial charge is 0.244 e. The topological polar surface area (TPSA) is 63.8 Å². The van der Waals surface area contributed by atoms with Gasteiger partial charge in [0.05, 0.1) is 6.04 Å². The predicted molar refractivity (Wildman–Crippen MR) is 76.1 cm³/mol. The third-order valence-corrected chi connectivity index (χ3v) is 3.75. The zero-order chi connectivity index (χ0) is 14.1. The zero-order valence-electron chi connectivity index (χ0n) is 12.2. The van der Waals surface area contributed by atoms with Gasteiger partial charge < -0.3 is 9.84 Å². The molecule has 1 N–H and O–H groups in total. The van der Waals surface area contributed by atoms with Crippen molar-refractivity contribution < 1.29 is 4.52 Å². The van der Waals surface area contributed by atoms with Crippen molar-refractivity contribution in [3.05, 3.63) is 29.4 Å². The van der Waals surface area contributed by atoms with E-state index in [4.69, 9.17) is 4.52 Å². The van der Waals surface area contributed by atoms with Crippen LogP contribution >= 0.6 is 0 Å². The Labute approximate surface area is 118 Å². The lowest BCUT2D eigenvalue weighted by molar-refractivity contribution is 0.260. The van der Waals surface area contributed by atoms with E-state index in [-0.39, 0.29) is 6.04 Å². The number of hydrogen-bond acceptors (Lipinski definition) is 5. The van der Waals surface area contributed by atoms with Crippen LogP contribution in [-0.2, 0) is 0 Å². The molecule has 106 valence electrons. The minimum absolute atomic E-state index is 0.184. The highest BCUT2D eigenvalue weighted by atomic mass is 16.5. The fourth-order valence-electron chi connectivity index (χ4n) is 2.75. The summed E-state index contributed by atoms with van der Waals surface area (Å²) in [5.41, 5.74) is 2.90. The first kappa shape index (κ1) is 13.2. The highest BCUT2D eigenvalue weighted by Crippen LogP contribution is 2.27. The standard InChI is InChI=1S/C15H20N4O/c1-9-4-5-16-13(6-9)15-18-14(19-20-15)12-7-10(2)17-11(3)8-12/h7-9,13,16H,4-6H2,1-3H3. The molecular weight excluding hydrogens is 252 g/mol. The Hall–Kier alpha value is -1.75. The third-order valence-electron chi connectivity index (χ3n) is 3.75. The molecule has 0 aromatic carbocycles. The van der Waals surface area contributed by atoms with Gasteiger partial charge in [-0.2, -0.15) is 4.98 Å². The van der Waals surface area contributed by atoms with Gasteiger partial charge in [-0.25, -0.2) is 0 Å². The maximum atomic E-state index is 5.44. The molecule has 0 bridgehead atoms. The molecule has 0 amide bonds. The zero-order valence-corrected chi connectivity index (χ0v) is 12.2. The van der Waals surface area contributed by atoms with Gasteiger partial charge in [0.25, 0.3) is 0 Å². The fourth-order valence-corrected chi connectivity index (χ4v) is 2.75. The van der Waals surface area contributed by atoms with Crippen molar-refractivity contribution in [2.45, 2.75) is 39.7 Å². The van der Waals surface area contributed by atoms with Gasteiger partial charge in [-0.15, -0.1) is 0 Å². The van der Waals surface area contributed by atoms with Crippen LogP contribution in [0.25, 0.3) is 11.4 Å². The number of nitrogens with one attached hydrogen (secondary N) is 1. The molecule has 5 heteroatoms. The van der Waals surface area contributed by atoms with Crippen molar-refractivity contribution >= 4 is 0 Å². The van der Waals surface area contributed by atoms with E-state index in [1.54, 1.807) is 0 Å². The summed E-state index contributed by atoms with van der Waals surface area (Å²) in [6.07, 6.45) is 2.26. The van der Waals surface area contributed by atoms with Crippen molar-refractivity contribution in [1.29, 1.82) is 0 Å². The maximum absolute atomic E-state index is 5.44. The number of aromatic nitrogens is 3. The van der Waals surface area contributed by atoms with E-state index in [1.807, 2.05) is 26.0 Å². The van der Waals surface area contributed by atoms with E-state index in [9.17, 15) is 0 Å². The molecule has 0 saturated carbocycles. The van der Waals surface area contributed by atoms with E-state index >= 15 is 0 Å². The monoisotopic (exact) mass is 272 g/mol. The highest BCUT2D eigenvalue weighted by molar-refractivity contribution is 5.55. The number of aryl methyl sites for hydroxylation is 2. The molecule has 1 fully saturated rings. The van der Waals surface area contributed by atoms with E-state index in [0.29, 0.717) is 17.6 Å². The van der Waals surface area contributed by atoms with Crippen molar-refractivity contribution in [3.8, 4) is 11.4 Å². The second-order valence-electron chi connectivity index (χ2n) is 5.73. The Bertz CT molecular complexity index is 587. The Kier molecular flexibility index (Phi) is 3.53. The van der Waals surface area contributed by atoms with Crippen LogP contribution in [0.3, 0.4) is 0 Å². The van der Waals surface area contributed by atoms with Crippen molar-refractivity contribution in [3.63, 3.8) is 0 Å². The Morgan fingerprint density at radius 3 is 2.65 bits per heavy atom. The third kappa shape index (κ3) is 2.72. The van der Waals surface area contributed by atoms with Gasteiger partial charge in [-0.3, -0.25) is 4.98 Å². The molecular formula is C15H20N4O. The molecule has 2 aromatic heterocycles. The average molecular weight is 272 g/mol. The normalized spacial score (nSPS) is 22.9. The Morgan fingerprint density at radius 1 is 1.20 bits per heavy atom. The lowest BCUT2D eigenvalue weighted by atomic mass is 9.94. The summed E-state index contributed by atoms with van der Waals surface area (Å²) in [7, 11) is 0. The van der Waals surface area contributed by atoms with E-state index in [1.165, 1.54) is 6.42 Å². The molecule has 3 heterocycles. The first-order chi connectivity index (χ1) is 9.61. The summed E-state index contributed by atoms with van der Waals surface area (Å²) in [4.78, 5) is 8.92.